The van der Waals surface area contributed by atoms with Gasteiger partial charge in [-0.25, -0.2) is 9.59 Å². The third kappa shape index (κ3) is 7.03. The Morgan fingerprint density at radius 2 is 1.70 bits per heavy atom. The van der Waals surface area contributed by atoms with Crippen molar-refractivity contribution < 1.29 is 23.8 Å². The van der Waals surface area contributed by atoms with Gasteiger partial charge in [-0.05, 0) is 51.8 Å². The number of rotatable bonds is 8. The van der Waals surface area contributed by atoms with E-state index in [1.807, 2.05) is 19.1 Å². The van der Waals surface area contributed by atoms with Crippen LogP contribution in [0.5, 0.6) is 0 Å². The molecule has 6 nitrogen and oxygen atoms in total. The van der Waals surface area contributed by atoms with Gasteiger partial charge in [0, 0.05) is 18.6 Å². The maximum absolute atomic E-state index is 12.9. The van der Waals surface area contributed by atoms with E-state index < -0.39 is 23.2 Å². The maximum atomic E-state index is 12.9. The highest BCUT2D eigenvalue weighted by molar-refractivity contribution is 6.30. The zero-order valence-electron chi connectivity index (χ0n) is 17.0. The van der Waals surface area contributed by atoms with Crippen LogP contribution in [0.25, 0.3) is 0 Å². The van der Waals surface area contributed by atoms with Crippen LogP contribution in [0.4, 0.5) is 4.79 Å². The number of carbonyl (C=O) groups excluding carboxylic acids is 2. The molecule has 0 N–H and O–H groups in total. The third-order valence-corrected chi connectivity index (χ3v) is 4.06. The molecule has 0 aromatic heterocycles. The summed E-state index contributed by atoms with van der Waals surface area (Å²) in [6.45, 7) is 9.02. The third-order valence-electron chi connectivity index (χ3n) is 3.81. The maximum Gasteiger partial charge on any atom is 0.413 e. The molecule has 0 spiro atoms. The average Bonchev–Trinajstić information content (AvgIpc) is 2.57. The summed E-state index contributed by atoms with van der Waals surface area (Å²) in [5.41, 5.74) is -1.18. The van der Waals surface area contributed by atoms with E-state index in [2.05, 4.69) is 0 Å². The molecule has 0 heterocycles. The van der Waals surface area contributed by atoms with Crippen molar-refractivity contribution in [2.75, 3.05) is 20.4 Å². The first-order valence-electron chi connectivity index (χ1n) is 8.94. The van der Waals surface area contributed by atoms with Gasteiger partial charge in [-0.1, -0.05) is 30.7 Å². The Morgan fingerprint density at radius 1 is 1.11 bits per heavy atom. The van der Waals surface area contributed by atoms with Crippen LogP contribution < -0.4 is 0 Å². The number of halogens is 1. The summed E-state index contributed by atoms with van der Waals surface area (Å²) < 4.78 is 16.1. The zero-order valence-corrected chi connectivity index (χ0v) is 17.8. The van der Waals surface area contributed by atoms with Crippen molar-refractivity contribution in [1.82, 2.24) is 4.90 Å². The minimum absolute atomic E-state index is 0.111. The lowest BCUT2D eigenvalue weighted by Crippen LogP contribution is -2.58. The number of methoxy groups -OCH3 is 1. The van der Waals surface area contributed by atoms with Gasteiger partial charge in [0.25, 0.3) is 0 Å². The molecular weight excluding hydrogens is 370 g/mol. The van der Waals surface area contributed by atoms with Crippen LogP contribution in [0.2, 0.25) is 5.02 Å². The predicted octanol–water partition coefficient (Wildman–Crippen LogP) is 4.44. The van der Waals surface area contributed by atoms with Gasteiger partial charge in [0.15, 0.2) is 0 Å². The molecule has 0 aliphatic carbocycles. The van der Waals surface area contributed by atoms with Crippen molar-refractivity contribution in [2.45, 2.75) is 58.6 Å². The molecule has 0 saturated carbocycles. The fourth-order valence-corrected chi connectivity index (χ4v) is 2.60. The highest BCUT2D eigenvalue weighted by Gasteiger charge is 2.45. The Bertz CT molecular complexity index is 626. The zero-order chi connectivity index (χ0) is 20.7. The van der Waals surface area contributed by atoms with E-state index in [1.165, 1.54) is 12.0 Å². The molecule has 0 aliphatic rings. The van der Waals surface area contributed by atoms with E-state index in [9.17, 15) is 9.59 Å². The van der Waals surface area contributed by atoms with Crippen molar-refractivity contribution >= 4 is 23.7 Å². The SMILES string of the molecule is CCCOC(=O)[C@](C)(Cc1ccc(Cl)cc1)N(COC)C(=O)OC(C)(C)C. The first kappa shape index (κ1) is 23.2. The van der Waals surface area contributed by atoms with Crippen LogP contribution in [0.1, 0.15) is 46.6 Å². The molecule has 1 rings (SSSR count). The van der Waals surface area contributed by atoms with Gasteiger partial charge >= 0.3 is 12.1 Å². The number of amides is 1. The number of hydrogen-bond acceptors (Lipinski definition) is 5. The molecule has 0 radical (unpaired) electrons. The van der Waals surface area contributed by atoms with Crippen LogP contribution >= 0.6 is 11.6 Å². The van der Waals surface area contributed by atoms with E-state index >= 15 is 0 Å². The molecule has 7 heteroatoms. The van der Waals surface area contributed by atoms with Gasteiger partial charge in [-0.3, -0.25) is 4.90 Å². The fraction of sp³-hybridized carbons (Fsp3) is 0.600. The molecule has 27 heavy (non-hydrogen) atoms. The second kappa shape index (κ2) is 9.95. The topological polar surface area (TPSA) is 65.1 Å². The summed E-state index contributed by atoms with van der Waals surface area (Å²) in [7, 11) is 1.46. The Kier molecular flexibility index (Phi) is 8.57. The monoisotopic (exact) mass is 399 g/mol. The second-order valence-corrected chi connectivity index (χ2v) is 7.98. The van der Waals surface area contributed by atoms with Crippen LogP contribution in [-0.4, -0.2) is 48.5 Å². The quantitative estimate of drug-likeness (QED) is 0.477. The number of benzene rings is 1. The van der Waals surface area contributed by atoms with Gasteiger partial charge in [-0.15, -0.1) is 0 Å². The van der Waals surface area contributed by atoms with Crippen LogP contribution in [0, 0.1) is 0 Å². The van der Waals surface area contributed by atoms with Gasteiger partial charge in [0.1, 0.15) is 17.9 Å². The number of esters is 1. The molecule has 1 aromatic carbocycles. The summed E-state index contributed by atoms with van der Waals surface area (Å²) in [6, 6.07) is 7.10. The largest absolute Gasteiger partial charge is 0.464 e. The Labute approximate surface area is 166 Å². The number of carbonyl (C=O) groups is 2. The molecule has 1 amide bonds. The smallest absolute Gasteiger partial charge is 0.413 e. The predicted molar refractivity (Wildman–Crippen MR) is 105 cm³/mol. The molecule has 1 atom stereocenters. The van der Waals surface area contributed by atoms with E-state index in [1.54, 1.807) is 39.8 Å². The summed E-state index contributed by atoms with van der Waals surface area (Å²) in [5, 5.41) is 0.593. The van der Waals surface area contributed by atoms with Gasteiger partial charge in [0.05, 0.1) is 6.61 Å². The van der Waals surface area contributed by atoms with E-state index in [4.69, 9.17) is 25.8 Å². The van der Waals surface area contributed by atoms with Gasteiger partial charge in [0.2, 0.25) is 0 Å². The summed E-state index contributed by atoms with van der Waals surface area (Å²) in [5.74, 6) is -0.512. The standard InChI is InChI=1S/C20H30ClNO5/c1-7-12-26-17(23)20(5,13-15-8-10-16(21)11-9-15)22(14-25-6)18(24)27-19(2,3)4/h8-11H,7,12-14H2,1-6H3/t20-/m0/s1. The molecule has 152 valence electrons. The highest BCUT2D eigenvalue weighted by Crippen LogP contribution is 2.26. The average molecular weight is 400 g/mol. The second-order valence-electron chi connectivity index (χ2n) is 7.54. The number of hydrogen-bond donors (Lipinski definition) is 0. The van der Waals surface area contributed by atoms with E-state index in [0.29, 0.717) is 11.4 Å². The molecule has 0 aliphatic heterocycles. The summed E-state index contributed by atoms with van der Waals surface area (Å²) in [6.07, 6.45) is 0.267. The van der Waals surface area contributed by atoms with E-state index in [-0.39, 0.29) is 19.8 Å². The first-order chi connectivity index (χ1) is 12.5. The minimum Gasteiger partial charge on any atom is -0.464 e. The normalized spacial score (nSPS) is 13.6. The van der Waals surface area contributed by atoms with Crippen LogP contribution in [-0.2, 0) is 25.4 Å². The van der Waals surface area contributed by atoms with Crippen molar-refractivity contribution in [2.24, 2.45) is 0 Å². The number of ether oxygens (including phenoxy) is 3. The molecule has 0 bridgehead atoms. The lowest BCUT2D eigenvalue weighted by molar-refractivity contribution is -0.160. The van der Waals surface area contributed by atoms with Crippen LogP contribution in [0.15, 0.2) is 24.3 Å². The lowest BCUT2D eigenvalue weighted by atomic mass is 9.91. The van der Waals surface area contributed by atoms with Gasteiger partial charge < -0.3 is 14.2 Å². The van der Waals surface area contributed by atoms with Crippen LogP contribution in [0.3, 0.4) is 0 Å². The van der Waals surface area contributed by atoms with Crippen molar-refractivity contribution in [3.05, 3.63) is 34.9 Å². The molecular formula is C20H30ClNO5. The van der Waals surface area contributed by atoms with Gasteiger partial charge in [-0.2, -0.15) is 0 Å². The molecule has 0 unspecified atom stereocenters. The Morgan fingerprint density at radius 3 is 2.19 bits per heavy atom. The van der Waals surface area contributed by atoms with E-state index in [0.717, 1.165) is 5.56 Å². The summed E-state index contributed by atoms with van der Waals surface area (Å²) >= 11 is 5.95. The Hall–Kier alpha value is -1.79. The minimum atomic E-state index is -1.30. The summed E-state index contributed by atoms with van der Waals surface area (Å²) in [4.78, 5) is 27.0. The molecule has 0 saturated heterocycles. The number of nitrogens with zero attached hydrogens (tertiary/aromatic N) is 1. The lowest BCUT2D eigenvalue weighted by Gasteiger charge is -2.39. The van der Waals surface area contributed by atoms with Crippen molar-refractivity contribution in [3.8, 4) is 0 Å². The molecule has 0 fully saturated rings. The van der Waals surface area contributed by atoms with Crippen molar-refractivity contribution in [3.63, 3.8) is 0 Å². The van der Waals surface area contributed by atoms with Crippen molar-refractivity contribution in [1.29, 1.82) is 0 Å². The Balaban J connectivity index is 3.26. The fourth-order valence-electron chi connectivity index (χ4n) is 2.47. The first-order valence-corrected chi connectivity index (χ1v) is 9.32. The highest BCUT2D eigenvalue weighted by atomic mass is 35.5. The molecule has 1 aromatic rings.